The van der Waals surface area contributed by atoms with Crippen LogP contribution in [0.25, 0.3) is 0 Å². The van der Waals surface area contributed by atoms with Gasteiger partial charge in [-0.05, 0) is 100 Å². The fraction of sp³-hybridized carbons (Fsp3) is 0.724. The van der Waals surface area contributed by atoms with Gasteiger partial charge >= 0.3 is 5.97 Å². The SMILES string of the molecule is CCCCCCCC[C@@H](F)C(=O)OC1CCC(COc2ccc(C3CC[CH]CC3)cc2)CC1. The Bertz CT molecular complexity index is 660. The topological polar surface area (TPSA) is 35.5 Å². The molecule has 4 heteroatoms. The minimum Gasteiger partial charge on any atom is -0.493 e. The van der Waals surface area contributed by atoms with E-state index in [1.807, 2.05) is 0 Å². The number of carbonyl (C=O) groups is 1. The van der Waals surface area contributed by atoms with Crippen LogP contribution in [0.4, 0.5) is 4.39 Å². The van der Waals surface area contributed by atoms with E-state index in [2.05, 4.69) is 37.6 Å². The lowest BCUT2D eigenvalue weighted by Gasteiger charge is -2.28. The molecule has 0 heterocycles. The van der Waals surface area contributed by atoms with Gasteiger partial charge in [-0.15, -0.1) is 0 Å². The monoisotopic (exact) mass is 459 g/mol. The van der Waals surface area contributed by atoms with Gasteiger partial charge in [-0.3, -0.25) is 0 Å². The molecule has 2 aliphatic rings. The van der Waals surface area contributed by atoms with Crippen LogP contribution in [0.5, 0.6) is 5.75 Å². The van der Waals surface area contributed by atoms with E-state index < -0.39 is 12.1 Å². The predicted molar refractivity (Wildman–Crippen MR) is 132 cm³/mol. The van der Waals surface area contributed by atoms with Crippen molar-refractivity contribution in [1.29, 1.82) is 0 Å². The van der Waals surface area contributed by atoms with Crippen molar-refractivity contribution in [3.05, 3.63) is 36.2 Å². The lowest BCUT2D eigenvalue weighted by Crippen LogP contribution is -2.30. The predicted octanol–water partition coefficient (Wildman–Crippen LogP) is 8.12. The molecule has 2 saturated carbocycles. The molecule has 0 saturated heterocycles. The van der Waals surface area contributed by atoms with Gasteiger partial charge in [0.1, 0.15) is 11.9 Å². The summed E-state index contributed by atoms with van der Waals surface area (Å²) in [5.41, 5.74) is 1.43. The average Bonchev–Trinajstić information content (AvgIpc) is 2.86. The van der Waals surface area contributed by atoms with Gasteiger partial charge < -0.3 is 9.47 Å². The molecule has 0 spiro atoms. The highest BCUT2D eigenvalue weighted by Gasteiger charge is 2.27. The van der Waals surface area contributed by atoms with Crippen molar-refractivity contribution in [2.24, 2.45) is 5.92 Å². The Balaban J connectivity index is 1.27. The molecule has 0 amide bonds. The Morgan fingerprint density at radius 1 is 0.939 bits per heavy atom. The van der Waals surface area contributed by atoms with Crippen molar-refractivity contribution >= 4 is 5.97 Å². The maximum atomic E-state index is 14.2. The van der Waals surface area contributed by atoms with Crippen molar-refractivity contribution in [3.63, 3.8) is 0 Å². The second kappa shape index (κ2) is 14.6. The molecule has 0 aromatic heterocycles. The molecule has 1 atom stereocenters. The summed E-state index contributed by atoms with van der Waals surface area (Å²) < 4.78 is 25.7. The molecule has 0 aliphatic heterocycles. The molecule has 3 rings (SSSR count). The number of ether oxygens (including phenoxy) is 2. The summed E-state index contributed by atoms with van der Waals surface area (Å²) in [6.07, 6.45) is 16.2. The number of benzene rings is 1. The van der Waals surface area contributed by atoms with Crippen molar-refractivity contribution < 1.29 is 18.7 Å². The van der Waals surface area contributed by atoms with Gasteiger partial charge in [0.05, 0.1) is 6.61 Å². The summed E-state index contributed by atoms with van der Waals surface area (Å²) in [7, 11) is 0. The highest BCUT2D eigenvalue weighted by Crippen LogP contribution is 2.33. The first kappa shape index (κ1) is 26.0. The third kappa shape index (κ3) is 9.29. The Labute approximate surface area is 200 Å². The molecule has 185 valence electrons. The molecule has 3 nitrogen and oxygen atoms in total. The van der Waals surface area contributed by atoms with E-state index in [1.54, 1.807) is 0 Å². The van der Waals surface area contributed by atoms with E-state index in [-0.39, 0.29) is 6.10 Å². The minimum atomic E-state index is -1.47. The number of hydrogen-bond donors (Lipinski definition) is 0. The molecule has 1 aromatic rings. The van der Waals surface area contributed by atoms with E-state index >= 15 is 0 Å². The van der Waals surface area contributed by atoms with Crippen LogP contribution < -0.4 is 4.74 Å². The summed E-state index contributed by atoms with van der Waals surface area (Å²) in [6, 6.07) is 8.65. The van der Waals surface area contributed by atoms with Crippen molar-refractivity contribution in [2.45, 2.75) is 121 Å². The summed E-state index contributed by atoms with van der Waals surface area (Å²) in [5.74, 6) is 1.44. The van der Waals surface area contributed by atoms with Crippen LogP contribution in [0.3, 0.4) is 0 Å². The first-order chi connectivity index (χ1) is 16.2. The van der Waals surface area contributed by atoms with Crippen LogP contribution in [-0.4, -0.2) is 24.9 Å². The summed E-state index contributed by atoms with van der Waals surface area (Å²) in [6.45, 7) is 2.88. The van der Waals surface area contributed by atoms with Crippen molar-refractivity contribution in [2.75, 3.05) is 6.61 Å². The molecule has 1 radical (unpaired) electrons. The zero-order chi connectivity index (χ0) is 23.3. The second-order valence-electron chi connectivity index (χ2n) is 10.1. The number of rotatable bonds is 13. The lowest BCUT2D eigenvalue weighted by molar-refractivity contribution is -0.157. The molecule has 0 unspecified atom stereocenters. The first-order valence-electron chi connectivity index (χ1n) is 13.5. The van der Waals surface area contributed by atoms with Crippen LogP contribution in [0, 0.1) is 12.3 Å². The van der Waals surface area contributed by atoms with E-state index in [4.69, 9.17) is 9.47 Å². The van der Waals surface area contributed by atoms with Crippen molar-refractivity contribution in [3.8, 4) is 5.75 Å². The minimum absolute atomic E-state index is 0.136. The third-order valence-corrected chi connectivity index (χ3v) is 7.42. The smallest absolute Gasteiger partial charge is 0.340 e. The van der Waals surface area contributed by atoms with E-state index in [0.717, 1.165) is 50.7 Å². The maximum Gasteiger partial charge on any atom is 0.340 e. The number of hydrogen-bond acceptors (Lipinski definition) is 3. The summed E-state index contributed by atoms with van der Waals surface area (Å²) in [4.78, 5) is 12.1. The molecular formula is C29H44FO3. The van der Waals surface area contributed by atoms with Crippen LogP contribution in [0.1, 0.15) is 115 Å². The first-order valence-corrected chi connectivity index (χ1v) is 13.5. The molecule has 1 aromatic carbocycles. The third-order valence-electron chi connectivity index (χ3n) is 7.42. The van der Waals surface area contributed by atoms with Gasteiger partial charge in [0.15, 0.2) is 6.17 Å². The van der Waals surface area contributed by atoms with Gasteiger partial charge in [-0.2, -0.15) is 0 Å². The number of unbranched alkanes of at least 4 members (excludes halogenated alkanes) is 5. The van der Waals surface area contributed by atoms with Gasteiger partial charge in [-0.25, -0.2) is 9.18 Å². The number of esters is 1. The fourth-order valence-electron chi connectivity index (χ4n) is 5.19. The van der Waals surface area contributed by atoms with E-state index in [1.165, 1.54) is 50.5 Å². The Kier molecular flexibility index (Phi) is 11.5. The lowest BCUT2D eigenvalue weighted by atomic mass is 9.84. The van der Waals surface area contributed by atoms with E-state index in [9.17, 15) is 9.18 Å². The van der Waals surface area contributed by atoms with Crippen molar-refractivity contribution in [1.82, 2.24) is 0 Å². The number of alkyl halides is 1. The average molecular weight is 460 g/mol. The molecule has 2 aliphatic carbocycles. The van der Waals surface area contributed by atoms with Crippen LogP contribution in [0.15, 0.2) is 24.3 Å². The molecule has 33 heavy (non-hydrogen) atoms. The van der Waals surface area contributed by atoms with Gasteiger partial charge in [0, 0.05) is 0 Å². The fourth-order valence-corrected chi connectivity index (χ4v) is 5.19. The van der Waals surface area contributed by atoms with Gasteiger partial charge in [-0.1, -0.05) is 51.2 Å². The van der Waals surface area contributed by atoms with E-state index in [0.29, 0.717) is 24.9 Å². The quantitative estimate of drug-likeness (QED) is 0.221. The zero-order valence-corrected chi connectivity index (χ0v) is 20.6. The van der Waals surface area contributed by atoms with Gasteiger partial charge in [0.2, 0.25) is 0 Å². The second-order valence-corrected chi connectivity index (χ2v) is 10.1. The standard InChI is InChI=1S/C29H44FO3/c1-2-3-4-5-6-10-13-28(30)29(31)33-27-18-14-23(15-19-27)22-32-26-20-16-25(17-21-26)24-11-8-7-9-12-24/h7,16-17,20-21,23-24,27-28H,2-6,8-15,18-19,22H2,1H3/t23?,27?,28-/m1/s1. The number of halogens is 1. The highest BCUT2D eigenvalue weighted by molar-refractivity contribution is 5.74. The molecule has 0 bridgehead atoms. The molecule has 0 N–H and O–H groups in total. The van der Waals surface area contributed by atoms with Crippen LogP contribution >= 0.6 is 0 Å². The summed E-state index contributed by atoms with van der Waals surface area (Å²) >= 11 is 0. The molecule has 2 fully saturated rings. The normalized spacial score (nSPS) is 22.6. The Morgan fingerprint density at radius 2 is 1.61 bits per heavy atom. The Hall–Kier alpha value is -1.58. The zero-order valence-electron chi connectivity index (χ0n) is 20.6. The van der Waals surface area contributed by atoms with Gasteiger partial charge in [0.25, 0.3) is 0 Å². The molecular weight excluding hydrogens is 415 g/mol. The van der Waals surface area contributed by atoms with Crippen LogP contribution in [0.2, 0.25) is 0 Å². The Morgan fingerprint density at radius 3 is 2.30 bits per heavy atom. The summed E-state index contributed by atoms with van der Waals surface area (Å²) in [5, 5.41) is 0. The van der Waals surface area contributed by atoms with Crippen LogP contribution in [-0.2, 0) is 9.53 Å². The highest BCUT2D eigenvalue weighted by atomic mass is 19.1. The number of carbonyl (C=O) groups excluding carboxylic acids is 1. The maximum absolute atomic E-state index is 14.2. The largest absolute Gasteiger partial charge is 0.493 e.